The summed E-state index contributed by atoms with van der Waals surface area (Å²) in [6, 6.07) is 0. The molecular weight excluding hydrogens is 263 g/mol. The van der Waals surface area contributed by atoms with E-state index in [2.05, 4.69) is 4.74 Å². The molecule has 0 bridgehead atoms. The SMILES string of the molecule is CC=CC1(C)CCOC1=O.CCC1(CF)CCOC1=O. The molecule has 2 fully saturated rings. The highest BCUT2D eigenvalue weighted by atomic mass is 19.1. The Kier molecular flexibility index (Phi) is 5.72. The molecule has 4 nitrogen and oxygen atoms in total. The van der Waals surface area contributed by atoms with E-state index in [1.165, 1.54) is 0 Å². The highest BCUT2D eigenvalue weighted by Crippen LogP contribution is 2.33. The summed E-state index contributed by atoms with van der Waals surface area (Å²) in [6.07, 6.45) is 5.70. The van der Waals surface area contributed by atoms with E-state index in [-0.39, 0.29) is 17.4 Å². The van der Waals surface area contributed by atoms with Crippen LogP contribution in [0.15, 0.2) is 12.2 Å². The number of cyclic esters (lactones) is 2. The van der Waals surface area contributed by atoms with Gasteiger partial charge < -0.3 is 9.47 Å². The second kappa shape index (κ2) is 6.86. The number of alkyl halides is 1. The van der Waals surface area contributed by atoms with Gasteiger partial charge in [-0.05, 0) is 20.3 Å². The van der Waals surface area contributed by atoms with Crippen LogP contribution in [0.5, 0.6) is 0 Å². The number of rotatable bonds is 3. The van der Waals surface area contributed by atoms with Gasteiger partial charge in [0.2, 0.25) is 0 Å². The van der Waals surface area contributed by atoms with Crippen LogP contribution in [-0.2, 0) is 19.1 Å². The van der Waals surface area contributed by atoms with Gasteiger partial charge in [-0.15, -0.1) is 0 Å². The van der Waals surface area contributed by atoms with Gasteiger partial charge >= 0.3 is 11.9 Å². The highest BCUT2D eigenvalue weighted by Gasteiger charge is 2.43. The Balaban J connectivity index is 0.000000200. The Labute approximate surface area is 119 Å². The summed E-state index contributed by atoms with van der Waals surface area (Å²) in [5, 5.41) is 0. The Hall–Kier alpha value is -1.39. The number of hydrogen-bond acceptors (Lipinski definition) is 4. The van der Waals surface area contributed by atoms with Crippen LogP contribution >= 0.6 is 0 Å². The van der Waals surface area contributed by atoms with Gasteiger partial charge in [0.1, 0.15) is 6.67 Å². The molecule has 0 spiro atoms. The maximum atomic E-state index is 12.3. The zero-order chi connectivity index (χ0) is 15.2. The molecule has 2 atom stereocenters. The van der Waals surface area contributed by atoms with Crippen molar-refractivity contribution in [1.29, 1.82) is 0 Å². The third kappa shape index (κ3) is 3.38. The molecule has 0 radical (unpaired) electrons. The second-order valence-corrected chi connectivity index (χ2v) is 5.46. The zero-order valence-electron chi connectivity index (χ0n) is 12.4. The third-order valence-electron chi connectivity index (χ3n) is 4.03. The van der Waals surface area contributed by atoms with E-state index in [0.29, 0.717) is 26.1 Å². The first-order valence-electron chi connectivity index (χ1n) is 6.98. The topological polar surface area (TPSA) is 52.6 Å². The predicted molar refractivity (Wildman–Crippen MR) is 72.8 cm³/mol. The first kappa shape index (κ1) is 16.7. The first-order valence-corrected chi connectivity index (χ1v) is 6.98. The third-order valence-corrected chi connectivity index (χ3v) is 4.03. The molecule has 2 aliphatic rings. The first-order chi connectivity index (χ1) is 9.44. The van der Waals surface area contributed by atoms with Crippen molar-refractivity contribution < 1.29 is 23.5 Å². The molecular formula is C15H23FO4. The average Bonchev–Trinajstić information content (AvgIpc) is 2.95. The predicted octanol–water partition coefficient (Wildman–Crippen LogP) is 2.81. The molecule has 114 valence electrons. The molecule has 2 rings (SSSR count). The fraction of sp³-hybridized carbons (Fsp3) is 0.733. The van der Waals surface area contributed by atoms with E-state index in [0.717, 1.165) is 6.42 Å². The summed E-state index contributed by atoms with van der Waals surface area (Å²) in [7, 11) is 0. The van der Waals surface area contributed by atoms with E-state index in [1.807, 2.05) is 32.9 Å². The molecule has 5 heteroatoms. The fourth-order valence-corrected chi connectivity index (χ4v) is 2.27. The van der Waals surface area contributed by atoms with Crippen molar-refractivity contribution in [2.24, 2.45) is 10.8 Å². The standard InChI is InChI=1S/C8H12O2.C7H11FO2/c1-3-4-8(2)5-6-10-7(8)9;1-2-7(5-8)3-4-10-6(7)9/h3-4H,5-6H2,1-2H3;2-5H2,1H3. The maximum absolute atomic E-state index is 12.3. The lowest BCUT2D eigenvalue weighted by Gasteiger charge is -2.16. The van der Waals surface area contributed by atoms with Crippen molar-refractivity contribution in [2.75, 3.05) is 19.9 Å². The molecule has 2 aliphatic heterocycles. The average molecular weight is 286 g/mol. The number of allylic oxidation sites excluding steroid dienone is 1. The Morgan fingerprint density at radius 1 is 1.20 bits per heavy atom. The van der Waals surface area contributed by atoms with Crippen molar-refractivity contribution >= 4 is 11.9 Å². The van der Waals surface area contributed by atoms with Gasteiger partial charge in [0.25, 0.3) is 0 Å². The van der Waals surface area contributed by atoms with Crippen LogP contribution in [0, 0.1) is 10.8 Å². The van der Waals surface area contributed by atoms with E-state index < -0.39 is 12.1 Å². The van der Waals surface area contributed by atoms with Crippen LogP contribution in [0.25, 0.3) is 0 Å². The largest absolute Gasteiger partial charge is 0.465 e. The lowest BCUT2D eigenvalue weighted by atomic mass is 9.85. The molecule has 0 N–H and O–H groups in total. The number of esters is 2. The van der Waals surface area contributed by atoms with Crippen LogP contribution in [0.2, 0.25) is 0 Å². The fourth-order valence-electron chi connectivity index (χ4n) is 2.27. The van der Waals surface area contributed by atoms with Gasteiger partial charge in [0.05, 0.1) is 24.0 Å². The number of carbonyl (C=O) groups excluding carboxylic acids is 2. The lowest BCUT2D eigenvalue weighted by Crippen LogP contribution is -2.27. The maximum Gasteiger partial charge on any atom is 0.315 e. The number of carbonyl (C=O) groups is 2. The Bertz CT molecular complexity index is 387. The van der Waals surface area contributed by atoms with Gasteiger partial charge in [-0.2, -0.15) is 0 Å². The minimum atomic E-state index is -0.792. The molecule has 0 amide bonds. The number of hydrogen-bond donors (Lipinski definition) is 0. The van der Waals surface area contributed by atoms with Gasteiger partial charge in [-0.3, -0.25) is 9.59 Å². The van der Waals surface area contributed by atoms with Crippen LogP contribution in [0.3, 0.4) is 0 Å². The van der Waals surface area contributed by atoms with Crippen LogP contribution in [-0.4, -0.2) is 31.8 Å². The normalized spacial score (nSPS) is 32.8. The molecule has 2 saturated heterocycles. The second-order valence-electron chi connectivity index (χ2n) is 5.46. The van der Waals surface area contributed by atoms with E-state index in [4.69, 9.17) is 4.74 Å². The number of ether oxygens (including phenoxy) is 2. The van der Waals surface area contributed by atoms with Crippen LogP contribution in [0.1, 0.15) is 40.0 Å². The summed E-state index contributed by atoms with van der Waals surface area (Å²) in [4.78, 5) is 21.9. The van der Waals surface area contributed by atoms with E-state index >= 15 is 0 Å². The van der Waals surface area contributed by atoms with Crippen LogP contribution in [0.4, 0.5) is 4.39 Å². The zero-order valence-corrected chi connectivity index (χ0v) is 12.4. The van der Waals surface area contributed by atoms with Gasteiger partial charge in [0.15, 0.2) is 0 Å². The van der Waals surface area contributed by atoms with Crippen molar-refractivity contribution in [1.82, 2.24) is 0 Å². The van der Waals surface area contributed by atoms with Gasteiger partial charge in [-0.1, -0.05) is 19.1 Å². The minimum Gasteiger partial charge on any atom is -0.465 e. The Morgan fingerprint density at radius 3 is 2.10 bits per heavy atom. The summed E-state index contributed by atoms with van der Waals surface area (Å²) in [5.41, 5.74) is -1.13. The van der Waals surface area contributed by atoms with E-state index in [9.17, 15) is 14.0 Å². The molecule has 2 heterocycles. The monoisotopic (exact) mass is 286 g/mol. The lowest BCUT2D eigenvalue weighted by molar-refractivity contribution is -0.147. The van der Waals surface area contributed by atoms with Crippen molar-refractivity contribution in [3.63, 3.8) is 0 Å². The molecule has 0 aromatic rings. The van der Waals surface area contributed by atoms with Gasteiger partial charge in [0, 0.05) is 12.8 Å². The van der Waals surface area contributed by atoms with Gasteiger partial charge in [-0.25, -0.2) is 4.39 Å². The highest BCUT2D eigenvalue weighted by molar-refractivity contribution is 5.80. The molecule has 0 saturated carbocycles. The smallest absolute Gasteiger partial charge is 0.315 e. The minimum absolute atomic E-state index is 0.0920. The van der Waals surface area contributed by atoms with Crippen molar-refractivity contribution in [3.8, 4) is 0 Å². The summed E-state index contributed by atoms with van der Waals surface area (Å²) >= 11 is 0. The summed E-state index contributed by atoms with van der Waals surface area (Å²) < 4.78 is 21.8. The van der Waals surface area contributed by atoms with Crippen molar-refractivity contribution in [3.05, 3.63) is 12.2 Å². The van der Waals surface area contributed by atoms with E-state index in [1.54, 1.807) is 0 Å². The molecule has 0 aromatic carbocycles. The molecule has 20 heavy (non-hydrogen) atoms. The summed E-state index contributed by atoms with van der Waals surface area (Å²) in [6.45, 7) is 6.00. The summed E-state index contributed by atoms with van der Waals surface area (Å²) in [5.74, 6) is -0.455. The Morgan fingerprint density at radius 2 is 1.80 bits per heavy atom. The molecule has 0 aromatic heterocycles. The number of halogens is 1. The van der Waals surface area contributed by atoms with Crippen LogP contribution < -0.4 is 0 Å². The quantitative estimate of drug-likeness (QED) is 0.591. The van der Waals surface area contributed by atoms with Crippen molar-refractivity contribution in [2.45, 2.75) is 40.0 Å². The molecule has 2 unspecified atom stereocenters. The molecule has 0 aliphatic carbocycles.